The molecule has 3 N–H and O–H groups in total. The first-order valence-corrected chi connectivity index (χ1v) is 3.75. The molecule has 12 heavy (non-hydrogen) atoms. The Hall–Kier alpha value is -1.52. The zero-order valence-corrected chi connectivity index (χ0v) is 6.94. The zero-order chi connectivity index (χ0) is 8.97. The Labute approximate surface area is 70.5 Å². The van der Waals surface area contributed by atoms with Crippen molar-refractivity contribution in [3.63, 3.8) is 0 Å². The number of nitrogens with two attached hydrogens (primary N) is 1. The lowest BCUT2D eigenvalue weighted by Crippen LogP contribution is -2.17. The van der Waals surface area contributed by atoms with Crippen molar-refractivity contribution in [3.05, 3.63) is 18.0 Å². The molecule has 0 amide bonds. The van der Waals surface area contributed by atoms with E-state index in [4.69, 9.17) is 10.9 Å². The summed E-state index contributed by atoms with van der Waals surface area (Å²) in [5.74, 6) is 0.199. The van der Waals surface area contributed by atoms with Crippen LogP contribution >= 0.6 is 0 Å². The van der Waals surface area contributed by atoms with Crippen LogP contribution in [-0.4, -0.2) is 20.8 Å². The quantitative estimate of drug-likeness (QED) is 0.293. The van der Waals surface area contributed by atoms with Gasteiger partial charge in [0.25, 0.3) is 0 Å². The molecule has 0 spiro atoms. The maximum Gasteiger partial charge on any atom is 0.145 e. The second kappa shape index (κ2) is 3.75. The van der Waals surface area contributed by atoms with Crippen LogP contribution in [0.5, 0.6) is 0 Å². The van der Waals surface area contributed by atoms with Gasteiger partial charge in [0.1, 0.15) is 5.84 Å². The molecular weight excluding hydrogens is 156 g/mol. The van der Waals surface area contributed by atoms with E-state index in [2.05, 4.69) is 10.3 Å². The van der Waals surface area contributed by atoms with Gasteiger partial charge in [0.15, 0.2) is 0 Å². The van der Waals surface area contributed by atoms with Crippen molar-refractivity contribution in [3.8, 4) is 0 Å². The molecule has 0 fully saturated rings. The highest BCUT2D eigenvalue weighted by Gasteiger charge is 2.02. The Kier molecular flexibility index (Phi) is 2.68. The molecule has 1 rings (SSSR count). The van der Waals surface area contributed by atoms with Gasteiger partial charge < -0.3 is 10.9 Å². The van der Waals surface area contributed by atoms with Crippen LogP contribution in [0.3, 0.4) is 0 Å². The predicted octanol–water partition coefficient (Wildman–Crippen LogP) is 0.192. The first-order chi connectivity index (χ1) is 5.77. The first-order valence-electron chi connectivity index (χ1n) is 3.75. The van der Waals surface area contributed by atoms with Crippen molar-refractivity contribution in [2.75, 3.05) is 0 Å². The number of amidine groups is 1. The summed E-state index contributed by atoms with van der Waals surface area (Å²) in [5, 5.41) is 15.3. The molecule has 0 aliphatic heterocycles. The van der Waals surface area contributed by atoms with Crippen LogP contribution in [0.15, 0.2) is 17.4 Å². The maximum absolute atomic E-state index is 8.33. The van der Waals surface area contributed by atoms with Gasteiger partial charge in [0.2, 0.25) is 0 Å². The molecule has 5 nitrogen and oxygen atoms in total. The fourth-order valence-corrected chi connectivity index (χ4v) is 1.02. The fourth-order valence-electron chi connectivity index (χ4n) is 1.02. The molecule has 0 saturated carbocycles. The summed E-state index contributed by atoms with van der Waals surface area (Å²) in [6.45, 7) is 2.78. The van der Waals surface area contributed by atoms with Crippen LogP contribution in [0.1, 0.15) is 12.6 Å². The van der Waals surface area contributed by atoms with E-state index in [0.717, 1.165) is 12.2 Å². The van der Waals surface area contributed by atoms with Crippen molar-refractivity contribution in [1.82, 2.24) is 9.78 Å². The topological polar surface area (TPSA) is 76.4 Å². The summed E-state index contributed by atoms with van der Waals surface area (Å²) >= 11 is 0. The van der Waals surface area contributed by atoms with Gasteiger partial charge in [-0.2, -0.15) is 5.10 Å². The third-order valence-corrected chi connectivity index (χ3v) is 1.59. The lowest BCUT2D eigenvalue weighted by Gasteiger charge is -2.02. The molecular formula is C7H12N4O. The normalized spacial score (nSPS) is 11.9. The van der Waals surface area contributed by atoms with Crippen LogP contribution in [0.4, 0.5) is 0 Å². The van der Waals surface area contributed by atoms with E-state index in [9.17, 15) is 0 Å². The Balaban J connectivity index is 2.74. The van der Waals surface area contributed by atoms with Crippen LogP contribution < -0.4 is 5.73 Å². The molecule has 0 atom stereocenters. The summed E-state index contributed by atoms with van der Waals surface area (Å²) in [7, 11) is 0. The maximum atomic E-state index is 8.33. The monoisotopic (exact) mass is 168 g/mol. The van der Waals surface area contributed by atoms with Crippen molar-refractivity contribution in [1.29, 1.82) is 0 Å². The second-order valence-electron chi connectivity index (χ2n) is 2.41. The minimum Gasteiger partial charge on any atom is -0.409 e. The van der Waals surface area contributed by atoms with Gasteiger partial charge in [-0.1, -0.05) is 5.16 Å². The molecule has 0 bridgehead atoms. The number of aryl methyl sites for hydroxylation is 1. The van der Waals surface area contributed by atoms with Gasteiger partial charge in [-0.15, -0.1) is 0 Å². The predicted molar refractivity (Wildman–Crippen MR) is 45.0 cm³/mol. The summed E-state index contributed by atoms with van der Waals surface area (Å²) in [4.78, 5) is 0. The lowest BCUT2D eigenvalue weighted by molar-refractivity contribution is 0.317. The van der Waals surface area contributed by atoms with Crippen molar-refractivity contribution < 1.29 is 5.21 Å². The van der Waals surface area contributed by atoms with Crippen LogP contribution in [0.2, 0.25) is 0 Å². The van der Waals surface area contributed by atoms with E-state index in [1.165, 1.54) is 0 Å². The van der Waals surface area contributed by atoms with E-state index < -0.39 is 0 Å². The average molecular weight is 168 g/mol. The lowest BCUT2D eigenvalue weighted by atomic mass is 10.3. The third kappa shape index (κ3) is 1.75. The smallest absolute Gasteiger partial charge is 0.145 e. The molecule has 1 aromatic heterocycles. The van der Waals surface area contributed by atoms with Gasteiger partial charge >= 0.3 is 0 Å². The Morgan fingerprint density at radius 2 is 2.58 bits per heavy atom. The highest BCUT2D eigenvalue weighted by molar-refractivity contribution is 5.81. The van der Waals surface area contributed by atoms with Gasteiger partial charge in [0, 0.05) is 18.4 Å². The van der Waals surface area contributed by atoms with E-state index >= 15 is 0 Å². The van der Waals surface area contributed by atoms with Gasteiger partial charge in [-0.3, -0.25) is 4.68 Å². The van der Waals surface area contributed by atoms with Crippen molar-refractivity contribution in [2.24, 2.45) is 10.9 Å². The number of aromatic nitrogens is 2. The molecule has 1 aromatic rings. The second-order valence-corrected chi connectivity index (χ2v) is 2.41. The number of rotatable bonds is 3. The SMILES string of the molecule is CCn1nccc1C/C(N)=N/O. The van der Waals surface area contributed by atoms with Crippen LogP contribution in [0, 0.1) is 0 Å². The summed E-state index contributed by atoms with van der Waals surface area (Å²) in [5.41, 5.74) is 6.30. The Morgan fingerprint density at radius 1 is 1.83 bits per heavy atom. The van der Waals surface area contributed by atoms with E-state index in [1.807, 2.05) is 13.0 Å². The highest BCUT2D eigenvalue weighted by Crippen LogP contribution is 1.99. The number of hydrogen-bond acceptors (Lipinski definition) is 3. The summed E-state index contributed by atoms with van der Waals surface area (Å²) < 4.78 is 1.80. The third-order valence-electron chi connectivity index (χ3n) is 1.59. The minimum absolute atomic E-state index is 0.199. The molecule has 0 aliphatic rings. The van der Waals surface area contributed by atoms with E-state index in [0.29, 0.717) is 6.42 Å². The zero-order valence-electron chi connectivity index (χ0n) is 6.94. The molecule has 0 radical (unpaired) electrons. The van der Waals surface area contributed by atoms with Gasteiger partial charge in [-0.05, 0) is 13.0 Å². The number of oxime groups is 1. The number of nitrogens with zero attached hydrogens (tertiary/aromatic N) is 3. The van der Waals surface area contributed by atoms with Gasteiger partial charge in [0.05, 0.1) is 6.42 Å². The average Bonchev–Trinajstić information content (AvgIpc) is 2.51. The summed E-state index contributed by atoms with van der Waals surface area (Å²) in [6.07, 6.45) is 2.13. The van der Waals surface area contributed by atoms with Crippen molar-refractivity contribution >= 4 is 5.84 Å². The van der Waals surface area contributed by atoms with Crippen LogP contribution in [0.25, 0.3) is 0 Å². The molecule has 0 aliphatic carbocycles. The van der Waals surface area contributed by atoms with Crippen molar-refractivity contribution in [2.45, 2.75) is 19.9 Å². The highest BCUT2D eigenvalue weighted by atomic mass is 16.4. The molecule has 66 valence electrons. The fraction of sp³-hybridized carbons (Fsp3) is 0.429. The Bertz CT molecular complexity index is 279. The Morgan fingerprint density at radius 3 is 3.17 bits per heavy atom. The molecule has 0 aromatic carbocycles. The summed E-state index contributed by atoms with van der Waals surface area (Å²) in [6, 6.07) is 1.85. The first kappa shape index (κ1) is 8.58. The van der Waals surface area contributed by atoms with E-state index in [-0.39, 0.29) is 5.84 Å². The standard InChI is InChI=1S/C7H12N4O/c1-2-11-6(3-4-9-11)5-7(8)10-12/h3-4,12H,2,5H2,1H3,(H2,8,10). The minimum atomic E-state index is 0.199. The van der Waals surface area contributed by atoms with E-state index in [1.54, 1.807) is 10.9 Å². The molecule has 5 heteroatoms. The largest absolute Gasteiger partial charge is 0.409 e. The molecule has 0 saturated heterocycles. The molecule has 0 unspecified atom stereocenters. The van der Waals surface area contributed by atoms with Crippen LogP contribution in [-0.2, 0) is 13.0 Å². The van der Waals surface area contributed by atoms with Gasteiger partial charge in [-0.25, -0.2) is 0 Å². The molecule has 1 heterocycles. The number of hydrogen-bond donors (Lipinski definition) is 2.